The van der Waals surface area contributed by atoms with Crippen LogP contribution in [0.5, 0.6) is 0 Å². The summed E-state index contributed by atoms with van der Waals surface area (Å²) < 4.78 is 0. The van der Waals surface area contributed by atoms with Gasteiger partial charge < -0.3 is 10.2 Å². The van der Waals surface area contributed by atoms with E-state index in [4.69, 9.17) is 11.6 Å². The number of hydrogen-bond donors (Lipinski definition) is 2. The number of nitrogens with one attached hydrogen (secondary N) is 2. The van der Waals surface area contributed by atoms with Crippen LogP contribution >= 0.6 is 11.6 Å². The highest BCUT2D eigenvalue weighted by Crippen LogP contribution is 2.40. The van der Waals surface area contributed by atoms with E-state index in [9.17, 15) is 0 Å². The Balaban J connectivity index is 1.62. The fourth-order valence-corrected chi connectivity index (χ4v) is 3.18. The van der Waals surface area contributed by atoms with Crippen molar-refractivity contribution < 1.29 is 0 Å². The van der Waals surface area contributed by atoms with Crippen LogP contribution in [0.15, 0.2) is 42.5 Å². The number of anilines is 3. The quantitative estimate of drug-likeness (QED) is 0.585. The van der Waals surface area contributed by atoms with Crippen LogP contribution in [0.4, 0.5) is 17.2 Å². The molecule has 116 valence electrons. The summed E-state index contributed by atoms with van der Waals surface area (Å²) in [5.74, 6) is 0.880. The highest BCUT2D eigenvalue weighted by atomic mass is 35.5. The monoisotopic (exact) mass is 324 g/mol. The number of aromatic nitrogens is 2. The van der Waals surface area contributed by atoms with Crippen molar-refractivity contribution in [3.63, 3.8) is 0 Å². The fourth-order valence-electron chi connectivity index (χ4n) is 2.99. The first kappa shape index (κ1) is 14.2. The minimum absolute atomic E-state index is 0.774. The Morgan fingerprint density at radius 3 is 2.65 bits per heavy atom. The van der Waals surface area contributed by atoms with Crippen LogP contribution in [0.25, 0.3) is 11.3 Å². The van der Waals surface area contributed by atoms with Crippen LogP contribution in [0.1, 0.15) is 11.1 Å². The van der Waals surface area contributed by atoms with Gasteiger partial charge in [0, 0.05) is 48.0 Å². The third kappa shape index (κ3) is 2.45. The predicted octanol–water partition coefficient (Wildman–Crippen LogP) is 4.44. The van der Waals surface area contributed by atoms with Gasteiger partial charge >= 0.3 is 0 Å². The second-order valence-corrected chi connectivity index (χ2v) is 6.41. The Morgan fingerprint density at radius 2 is 1.91 bits per heavy atom. The topological polar surface area (TPSA) is 44.0 Å². The molecule has 23 heavy (non-hydrogen) atoms. The van der Waals surface area contributed by atoms with Crippen molar-refractivity contribution >= 4 is 28.8 Å². The molecule has 2 aromatic carbocycles. The summed E-state index contributed by atoms with van der Waals surface area (Å²) in [7, 11) is 4.07. The fraction of sp³-hybridized carbons (Fsp3) is 0.167. The first-order valence-electron chi connectivity index (χ1n) is 7.52. The van der Waals surface area contributed by atoms with Crippen LogP contribution in [0.2, 0.25) is 5.02 Å². The summed E-state index contributed by atoms with van der Waals surface area (Å²) in [6.07, 6.45) is 0.847. The molecule has 0 radical (unpaired) electrons. The van der Waals surface area contributed by atoms with Gasteiger partial charge in [-0.1, -0.05) is 17.7 Å². The van der Waals surface area contributed by atoms with Gasteiger partial charge in [0.1, 0.15) is 0 Å². The van der Waals surface area contributed by atoms with Crippen molar-refractivity contribution in [3.8, 4) is 11.3 Å². The smallest absolute Gasteiger partial charge is 0.156 e. The standard InChI is InChI=1S/C18H17ClN4/c1-23(2)14-6-4-13(5-7-14)20-18-16-10-11-9-12(19)3-8-15(11)17(16)21-22-18/h3-9H,10H2,1-2H3,(H2,20,21,22). The van der Waals surface area contributed by atoms with E-state index in [0.29, 0.717) is 0 Å². The van der Waals surface area contributed by atoms with E-state index in [-0.39, 0.29) is 0 Å². The summed E-state index contributed by atoms with van der Waals surface area (Å²) >= 11 is 6.10. The number of nitrogens with zero attached hydrogens (tertiary/aromatic N) is 2. The molecule has 0 saturated carbocycles. The van der Waals surface area contributed by atoms with Gasteiger partial charge in [-0.15, -0.1) is 0 Å². The summed E-state index contributed by atoms with van der Waals surface area (Å²) in [6, 6.07) is 14.3. The van der Waals surface area contributed by atoms with Gasteiger partial charge in [-0.2, -0.15) is 5.10 Å². The SMILES string of the molecule is CN(C)c1ccc(Nc2n[nH]c3c2Cc2cc(Cl)ccc2-3)cc1. The number of rotatable bonds is 3. The third-order valence-electron chi connectivity index (χ3n) is 4.22. The Hall–Kier alpha value is -2.46. The average Bonchev–Trinajstić information content (AvgIpc) is 3.07. The summed E-state index contributed by atoms with van der Waals surface area (Å²) in [6.45, 7) is 0. The van der Waals surface area contributed by atoms with Crippen LogP contribution in [-0.4, -0.2) is 24.3 Å². The molecule has 0 aliphatic heterocycles. The largest absolute Gasteiger partial charge is 0.378 e. The molecule has 1 heterocycles. The minimum Gasteiger partial charge on any atom is -0.378 e. The molecule has 0 bridgehead atoms. The molecule has 0 unspecified atom stereocenters. The van der Waals surface area contributed by atoms with Crippen molar-refractivity contribution in [2.45, 2.75) is 6.42 Å². The van der Waals surface area contributed by atoms with Crippen LogP contribution in [0, 0.1) is 0 Å². The Bertz CT molecular complexity index is 865. The Kier molecular flexibility index (Phi) is 3.27. The molecule has 1 aromatic heterocycles. The average molecular weight is 325 g/mol. The lowest BCUT2D eigenvalue weighted by Crippen LogP contribution is -2.08. The molecule has 2 N–H and O–H groups in total. The molecule has 0 amide bonds. The van der Waals surface area contributed by atoms with Gasteiger partial charge in [0.05, 0.1) is 5.69 Å². The summed E-state index contributed by atoms with van der Waals surface area (Å²) in [5.41, 5.74) is 6.91. The lowest BCUT2D eigenvalue weighted by atomic mass is 10.1. The zero-order valence-corrected chi connectivity index (χ0v) is 13.8. The van der Waals surface area contributed by atoms with Gasteiger partial charge in [0.15, 0.2) is 5.82 Å². The van der Waals surface area contributed by atoms with Gasteiger partial charge in [-0.05, 0) is 42.0 Å². The molecule has 5 heteroatoms. The Labute approximate surface area is 140 Å². The lowest BCUT2D eigenvalue weighted by Gasteiger charge is -2.13. The molecule has 4 rings (SSSR count). The highest BCUT2D eigenvalue weighted by Gasteiger charge is 2.24. The third-order valence-corrected chi connectivity index (χ3v) is 4.45. The number of aromatic amines is 1. The first-order valence-corrected chi connectivity index (χ1v) is 7.90. The molecule has 4 nitrogen and oxygen atoms in total. The zero-order chi connectivity index (χ0) is 16.0. The number of hydrogen-bond acceptors (Lipinski definition) is 3. The first-order chi connectivity index (χ1) is 11.1. The zero-order valence-electron chi connectivity index (χ0n) is 13.0. The predicted molar refractivity (Wildman–Crippen MR) is 95.9 cm³/mol. The molecule has 0 fully saturated rings. The maximum Gasteiger partial charge on any atom is 0.156 e. The molecular weight excluding hydrogens is 308 g/mol. The molecule has 0 saturated heterocycles. The van der Waals surface area contributed by atoms with Crippen molar-refractivity contribution in [3.05, 3.63) is 58.6 Å². The highest BCUT2D eigenvalue weighted by molar-refractivity contribution is 6.30. The normalized spacial score (nSPS) is 12.0. The van der Waals surface area contributed by atoms with E-state index in [1.165, 1.54) is 22.4 Å². The van der Waals surface area contributed by atoms with Crippen molar-refractivity contribution in [1.29, 1.82) is 0 Å². The molecule has 3 aromatic rings. The Morgan fingerprint density at radius 1 is 1.13 bits per heavy atom. The van der Waals surface area contributed by atoms with Gasteiger partial charge in [0.25, 0.3) is 0 Å². The van der Waals surface area contributed by atoms with Crippen molar-refractivity contribution in [2.75, 3.05) is 24.3 Å². The van der Waals surface area contributed by atoms with E-state index >= 15 is 0 Å². The lowest BCUT2D eigenvalue weighted by molar-refractivity contribution is 1.09. The second kappa shape index (κ2) is 5.32. The van der Waals surface area contributed by atoms with Crippen molar-refractivity contribution in [1.82, 2.24) is 10.2 Å². The molecular formula is C18H17ClN4. The van der Waals surface area contributed by atoms with E-state index in [2.05, 4.69) is 50.7 Å². The maximum absolute atomic E-state index is 6.10. The molecule has 1 aliphatic rings. The number of halogens is 1. The van der Waals surface area contributed by atoms with Crippen LogP contribution < -0.4 is 10.2 Å². The van der Waals surface area contributed by atoms with Gasteiger partial charge in [0.2, 0.25) is 0 Å². The van der Waals surface area contributed by atoms with Crippen LogP contribution in [-0.2, 0) is 6.42 Å². The van der Waals surface area contributed by atoms with Crippen LogP contribution in [0.3, 0.4) is 0 Å². The molecule has 0 atom stereocenters. The number of fused-ring (bicyclic) bond motifs is 3. The number of H-pyrrole nitrogens is 1. The molecule has 1 aliphatic carbocycles. The van der Waals surface area contributed by atoms with E-state index < -0.39 is 0 Å². The summed E-state index contributed by atoms with van der Waals surface area (Å²) in [4.78, 5) is 2.08. The van der Waals surface area contributed by atoms with E-state index in [0.717, 1.165) is 28.6 Å². The minimum atomic E-state index is 0.774. The van der Waals surface area contributed by atoms with Crippen molar-refractivity contribution in [2.24, 2.45) is 0 Å². The summed E-state index contributed by atoms with van der Waals surface area (Å²) in [5, 5.41) is 11.8. The van der Waals surface area contributed by atoms with E-state index in [1.807, 2.05) is 26.2 Å². The maximum atomic E-state index is 6.10. The number of benzene rings is 2. The van der Waals surface area contributed by atoms with Gasteiger partial charge in [-0.3, -0.25) is 5.10 Å². The van der Waals surface area contributed by atoms with Gasteiger partial charge in [-0.25, -0.2) is 0 Å². The molecule has 0 spiro atoms. The second-order valence-electron chi connectivity index (χ2n) is 5.97. The van der Waals surface area contributed by atoms with E-state index in [1.54, 1.807) is 0 Å².